The van der Waals surface area contributed by atoms with Gasteiger partial charge in [-0.3, -0.25) is 9.59 Å². The van der Waals surface area contributed by atoms with Gasteiger partial charge in [0.25, 0.3) is 5.91 Å². The number of aromatic nitrogens is 1. The minimum absolute atomic E-state index is 0.169. The molecule has 0 aliphatic carbocycles. The van der Waals surface area contributed by atoms with Crippen LogP contribution < -0.4 is 0 Å². The van der Waals surface area contributed by atoms with Crippen LogP contribution in [0.5, 0.6) is 0 Å². The maximum Gasteiger partial charge on any atom is 0.339 e. The summed E-state index contributed by atoms with van der Waals surface area (Å²) in [5.41, 5.74) is 1.41. The van der Waals surface area contributed by atoms with E-state index < -0.39 is 5.97 Å². The summed E-state index contributed by atoms with van der Waals surface area (Å²) in [6, 6.07) is 7.20. The number of esters is 2. The van der Waals surface area contributed by atoms with Gasteiger partial charge in [-0.1, -0.05) is 12.1 Å². The van der Waals surface area contributed by atoms with Gasteiger partial charge in [0.1, 0.15) is 0 Å². The highest BCUT2D eigenvalue weighted by atomic mass is 32.2. The fraction of sp³-hybridized carbons (Fsp3) is 0.455. The molecule has 0 spiro atoms. The van der Waals surface area contributed by atoms with Gasteiger partial charge in [-0.25, -0.2) is 9.78 Å². The number of hydrogen-bond acceptors (Lipinski definition) is 8. The zero-order chi connectivity index (χ0) is 22.2. The summed E-state index contributed by atoms with van der Waals surface area (Å²) >= 11 is 3.11. The number of amides is 1. The number of rotatable bonds is 8. The molecule has 0 atom stereocenters. The van der Waals surface area contributed by atoms with Crippen LogP contribution in [0.1, 0.15) is 40.8 Å². The molecule has 0 saturated carbocycles. The molecule has 31 heavy (non-hydrogen) atoms. The fourth-order valence-electron chi connectivity index (χ4n) is 3.31. The Hall–Kier alpha value is -2.39. The third kappa shape index (κ3) is 6.54. The summed E-state index contributed by atoms with van der Waals surface area (Å²) < 4.78 is 10.4. The number of piperidine rings is 1. The first-order valence-corrected chi connectivity index (χ1v) is 12.1. The molecule has 3 rings (SSSR count). The first kappa shape index (κ1) is 23.3. The fourth-order valence-corrected chi connectivity index (χ4v) is 4.96. The van der Waals surface area contributed by atoms with Crippen LogP contribution in [0, 0.1) is 12.8 Å². The molecular weight excluding hydrogens is 436 g/mol. The topological polar surface area (TPSA) is 85.8 Å². The predicted molar refractivity (Wildman–Crippen MR) is 119 cm³/mol. The van der Waals surface area contributed by atoms with E-state index in [9.17, 15) is 14.4 Å². The Kier molecular flexibility index (Phi) is 8.48. The number of carbonyl (C=O) groups is 3. The van der Waals surface area contributed by atoms with Crippen molar-refractivity contribution in [2.24, 2.45) is 5.92 Å². The molecule has 7 nitrogen and oxygen atoms in total. The van der Waals surface area contributed by atoms with E-state index in [0.717, 1.165) is 15.6 Å². The lowest BCUT2D eigenvalue weighted by Gasteiger charge is -2.30. The van der Waals surface area contributed by atoms with Gasteiger partial charge in [0.05, 0.1) is 28.8 Å². The molecule has 1 aromatic heterocycles. The number of carbonyl (C=O) groups excluding carboxylic acids is 3. The summed E-state index contributed by atoms with van der Waals surface area (Å²) in [5.74, 6) is -0.492. The van der Waals surface area contributed by atoms with Gasteiger partial charge < -0.3 is 14.4 Å². The van der Waals surface area contributed by atoms with E-state index in [1.165, 1.54) is 11.8 Å². The lowest BCUT2D eigenvalue weighted by molar-refractivity contribution is -0.151. The molecule has 1 amide bonds. The number of ether oxygens (including phenoxy) is 2. The predicted octanol–water partition coefficient (Wildman–Crippen LogP) is 3.70. The van der Waals surface area contributed by atoms with Gasteiger partial charge in [-0.2, -0.15) is 0 Å². The molecule has 1 aliphatic heterocycles. The number of thioether (sulfide) groups is 1. The summed E-state index contributed by atoms with van der Waals surface area (Å²) in [7, 11) is 0. The molecule has 9 heteroatoms. The maximum absolute atomic E-state index is 12.6. The highest BCUT2D eigenvalue weighted by Gasteiger charge is 2.28. The zero-order valence-corrected chi connectivity index (χ0v) is 19.3. The van der Waals surface area contributed by atoms with Gasteiger partial charge in [-0.05, 0) is 38.8 Å². The SMILES string of the molecule is CCOC(=O)C1CCN(C(=O)COC(=O)c2ccccc2SCc2csc(C)n2)CC1. The van der Waals surface area contributed by atoms with Crippen molar-refractivity contribution < 1.29 is 23.9 Å². The zero-order valence-electron chi connectivity index (χ0n) is 17.7. The second-order valence-corrected chi connectivity index (χ2v) is 9.21. The van der Waals surface area contributed by atoms with Crippen molar-refractivity contribution in [3.63, 3.8) is 0 Å². The molecule has 2 heterocycles. The maximum atomic E-state index is 12.6. The molecule has 0 radical (unpaired) electrons. The van der Waals surface area contributed by atoms with Crippen LogP contribution in [0.25, 0.3) is 0 Å². The van der Waals surface area contributed by atoms with Crippen LogP contribution in [0.2, 0.25) is 0 Å². The highest BCUT2D eigenvalue weighted by Crippen LogP contribution is 2.27. The van der Waals surface area contributed by atoms with Gasteiger partial charge in [0.15, 0.2) is 6.61 Å². The molecule has 1 aromatic carbocycles. The third-order valence-corrected chi connectivity index (χ3v) is 6.87. The van der Waals surface area contributed by atoms with E-state index in [2.05, 4.69) is 4.98 Å². The lowest BCUT2D eigenvalue weighted by Crippen LogP contribution is -2.42. The molecule has 0 unspecified atom stereocenters. The largest absolute Gasteiger partial charge is 0.466 e. The van der Waals surface area contributed by atoms with E-state index >= 15 is 0 Å². The Morgan fingerprint density at radius 2 is 1.94 bits per heavy atom. The monoisotopic (exact) mass is 462 g/mol. The van der Waals surface area contributed by atoms with Crippen LogP contribution in [-0.2, 0) is 24.8 Å². The Labute approximate surface area is 190 Å². The van der Waals surface area contributed by atoms with E-state index in [1.807, 2.05) is 24.4 Å². The molecule has 1 saturated heterocycles. The highest BCUT2D eigenvalue weighted by molar-refractivity contribution is 7.98. The lowest BCUT2D eigenvalue weighted by atomic mass is 9.97. The Bertz CT molecular complexity index is 922. The summed E-state index contributed by atoms with van der Waals surface area (Å²) in [5, 5.41) is 3.01. The second kappa shape index (κ2) is 11.3. The van der Waals surface area contributed by atoms with Crippen molar-refractivity contribution in [3.8, 4) is 0 Å². The average molecular weight is 463 g/mol. The summed E-state index contributed by atoms with van der Waals surface area (Å²) in [6.45, 7) is 4.70. The Morgan fingerprint density at radius 3 is 2.61 bits per heavy atom. The standard InChI is InChI=1S/C22H26N2O5S2/c1-3-28-21(26)16-8-10-24(11-9-16)20(25)12-29-22(27)18-6-4-5-7-19(18)31-14-17-13-30-15(2)23-17/h4-7,13,16H,3,8-12,14H2,1-2H3. The average Bonchev–Trinajstić information content (AvgIpc) is 3.21. The minimum atomic E-state index is -0.521. The van der Waals surface area contributed by atoms with E-state index in [0.29, 0.717) is 43.9 Å². The first-order chi connectivity index (χ1) is 15.0. The van der Waals surface area contributed by atoms with Crippen LogP contribution in [-0.4, -0.2) is 54.0 Å². The molecule has 1 fully saturated rings. The van der Waals surface area contributed by atoms with E-state index in [1.54, 1.807) is 35.3 Å². The number of thiazole rings is 1. The summed E-state index contributed by atoms with van der Waals surface area (Å²) in [4.78, 5) is 43.7. The third-order valence-electron chi connectivity index (χ3n) is 4.94. The smallest absolute Gasteiger partial charge is 0.339 e. The van der Waals surface area contributed by atoms with Crippen molar-refractivity contribution in [2.75, 3.05) is 26.3 Å². The van der Waals surface area contributed by atoms with Crippen LogP contribution in [0.15, 0.2) is 34.5 Å². The summed E-state index contributed by atoms with van der Waals surface area (Å²) in [6.07, 6.45) is 1.13. The van der Waals surface area contributed by atoms with Crippen molar-refractivity contribution >= 4 is 40.9 Å². The minimum Gasteiger partial charge on any atom is -0.466 e. The Balaban J connectivity index is 1.49. The van der Waals surface area contributed by atoms with Crippen molar-refractivity contribution in [2.45, 2.75) is 37.3 Å². The van der Waals surface area contributed by atoms with Crippen molar-refractivity contribution in [3.05, 3.63) is 45.9 Å². The first-order valence-electron chi connectivity index (χ1n) is 10.2. The molecule has 0 bridgehead atoms. The van der Waals surface area contributed by atoms with Gasteiger partial charge in [-0.15, -0.1) is 23.1 Å². The van der Waals surface area contributed by atoms with Gasteiger partial charge in [0, 0.05) is 29.1 Å². The van der Waals surface area contributed by atoms with E-state index in [-0.39, 0.29) is 24.4 Å². The van der Waals surface area contributed by atoms with Gasteiger partial charge >= 0.3 is 11.9 Å². The van der Waals surface area contributed by atoms with Crippen molar-refractivity contribution in [1.82, 2.24) is 9.88 Å². The van der Waals surface area contributed by atoms with E-state index in [4.69, 9.17) is 9.47 Å². The van der Waals surface area contributed by atoms with Crippen LogP contribution >= 0.6 is 23.1 Å². The van der Waals surface area contributed by atoms with Gasteiger partial charge in [0.2, 0.25) is 0 Å². The molecule has 2 aromatic rings. The molecule has 0 N–H and O–H groups in total. The Morgan fingerprint density at radius 1 is 1.19 bits per heavy atom. The second-order valence-electron chi connectivity index (χ2n) is 7.13. The molecular formula is C22H26N2O5S2. The number of hydrogen-bond donors (Lipinski definition) is 0. The molecule has 1 aliphatic rings. The normalized spacial score (nSPS) is 14.3. The molecule has 166 valence electrons. The van der Waals surface area contributed by atoms with Crippen LogP contribution in [0.3, 0.4) is 0 Å². The van der Waals surface area contributed by atoms with Crippen LogP contribution in [0.4, 0.5) is 0 Å². The number of aryl methyl sites for hydroxylation is 1. The van der Waals surface area contributed by atoms with Crippen molar-refractivity contribution in [1.29, 1.82) is 0 Å². The number of likely N-dealkylation sites (tertiary alicyclic amines) is 1. The quantitative estimate of drug-likeness (QED) is 0.437. The number of nitrogens with zero attached hydrogens (tertiary/aromatic N) is 2. The number of benzene rings is 1.